The molecule has 1 fully saturated rings. The fourth-order valence-corrected chi connectivity index (χ4v) is 1.90. The number of fused-ring (bicyclic) bond motifs is 1. The molecule has 72 valence electrons. The Morgan fingerprint density at radius 3 is 3.00 bits per heavy atom. The highest BCUT2D eigenvalue weighted by atomic mass is 79.9. The van der Waals surface area contributed by atoms with E-state index >= 15 is 0 Å². The Hall–Kier alpha value is -0.940. The molecule has 0 spiro atoms. The largest absolute Gasteiger partial charge is 0.377 e. The summed E-state index contributed by atoms with van der Waals surface area (Å²) in [6, 6.07) is 6.36. The van der Waals surface area contributed by atoms with E-state index < -0.39 is 0 Å². The summed E-state index contributed by atoms with van der Waals surface area (Å²) < 4.78 is 8.10. The normalized spacial score (nSPS) is 17.2. The Kier molecular flexibility index (Phi) is 1.81. The van der Waals surface area contributed by atoms with Crippen LogP contribution in [0.1, 0.15) is 6.04 Å². The van der Waals surface area contributed by atoms with Gasteiger partial charge in [-0.1, -0.05) is 21.1 Å². The van der Waals surface area contributed by atoms with Gasteiger partial charge in [0.05, 0.1) is 18.7 Å². The number of nitrogens with zero attached hydrogens (tertiary/aromatic N) is 3. The number of ether oxygens (including phenoxy) is 1. The number of benzene rings is 1. The van der Waals surface area contributed by atoms with Gasteiger partial charge in [0.2, 0.25) is 0 Å². The zero-order valence-electron chi connectivity index (χ0n) is 7.35. The molecule has 0 amide bonds. The van der Waals surface area contributed by atoms with Crippen LogP contribution in [0, 0.1) is 0 Å². The highest BCUT2D eigenvalue weighted by molar-refractivity contribution is 9.10. The molecule has 14 heavy (non-hydrogen) atoms. The van der Waals surface area contributed by atoms with E-state index in [0.717, 1.165) is 28.7 Å². The minimum absolute atomic E-state index is 0.362. The number of aromatic nitrogens is 3. The lowest BCUT2D eigenvalue weighted by atomic mass is 10.2. The van der Waals surface area contributed by atoms with Gasteiger partial charge in [0.15, 0.2) is 0 Å². The molecule has 1 aromatic heterocycles. The van der Waals surface area contributed by atoms with Crippen LogP contribution in [0.3, 0.4) is 0 Å². The number of halogens is 1. The summed E-state index contributed by atoms with van der Waals surface area (Å²) in [5.41, 5.74) is 1.99. The molecule has 1 aliphatic heterocycles. The second kappa shape index (κ2) is 3.03. The van der Waals surface area contributed by atoms with E-state index in [0.29, 0.717) is 6.04 Å². The summed E-state index contributed by atoms with van der Waals surface area (Å²) in [6.45, 7) is 1.49. The molecule has 0 saturated carbocycles. The van der Waals surface area contributed by atoms with Gasteiger partial charge in [-0.05, 0) is 18.2 Å². The molecule has 0 radical (unpaired) electrons. The molecule has 2 aromatic rings. The zero-order valence-corrected chi connectivity index (χ0v) is 8.94. The van der Waals surface area contributed by atoms with Gasteiger partial charge in [-0.15, -0.1) is 5.10 Å². The van der Waals surface area contributed by atoms with Crippen molar-refractivity contribution in [2.45, 2.75) is 6.04 Å². The van der Waals surface area contributed by atoms with E-state index in [2.05, 4.69) is 26.2 Å². The summed E-state index contributed by atoms with van der Waals surface area (Å²) in [6.07, 6.45) is 0. The maximum absolute atomic E-state index is 5.13. The fourth-order valence-electron chi connectivity index (χ4n) is 1.55. The van der Waals surface area contributed by atoms with E-state index in [1.165, 1.54) is 0 Å². The van der Waals surface area contributed by atoms with Crippen LogP contribution in [0.15, 0.2) is 22.7 Å². The zero-order chi connectivity index (χ0) is 9.54. The van der Waals surface area contributed by atoms with Crippen LogP contribution in [0.2, 0.25) is 0 Å². The van der Waals surface area contributed by atoms with Crippen molar-refractivity contribution >= 4 is 27.0 Å². The Morgan fingerprint density at radius 1 is 1.43 bits per heavy atom. The third-order valence-corrected chi connectivity index (χ3v) is 2.89. The Balaban J connectivity index is 2.16. The third kappa shape index (κ3) is 1.16. The molecule has 0 aliphatic carbocycles. The van der Waals surface area contributed by atoms with Crippen LogP contribution in [0.5, 0.6) is 0 Å². The maximum Gasteiger partial charge on any atom is 0.114 e. The molecule has 2 heterocycles. The SMILES string of the molecule is Brc1ccc2c(c1)nnn2C1COC1. The van der Waals surface area contributed by atoms with Gasteiger partial charge >= 0.3 is 0 Å². The molecule has 0 unspecified atom stereocenters. The van der Waals surface area contributed by atoms with Crippen molar-refractivity contribution in [1.82, 2.24) is 15.0 Å². The van der Waals surface area contributed by atoms with Crippen molar-refractivity contribution < 1.29 is 4.74 Å². The molecule has 0 bridgehead atoms. The summed E-state index contributed by atoms with van der Waals surface area (Å²) in [5.74, 6) is 0. The minimum atomic E-state index is 0.362. The quantitative estimate of drug-likeness (QED) is 0.778. The number of hydrogen-bond acceptors (Lipinski definition) is 3. The smallest absolute Gasteiger partial charge is 0.114 e. The van der Waals surface area contributed by atoms with E-state index in [-0.39, 0.29) is 0 Å². The average molecular weight is 254 g/mol. The van der Waals surface area contributed by atoms with Gasteiger partial charge in [-0.2, -0.15) is 0 Å². The number of rotatable bonds is 1. The average Bonchev–Trinajstić information content (AvgIpc) is 2.45. The van der Waals surface area contributed by atoms with Crippen molar-refractivity contribution in [1.29, 1.82) is 0 Å². The molecule has 5 heteroatoms. The molecule has 0 N–H and O–H groups in total. The standard InChI is InChI=1S/C9H8BrN3O/c10-6-1-2-9-8(3-6)11-12-13(9)7-4-14-5-7/h1-3,7H,4-5H2. The third-order valence-electron chi connectivity index (χ3n) is 2.40. The van der Waals surface area contributed by atoms with Gasteiger partial charge < -0.3 is 4.74 Å². The summed E-state index contributed by atoms with van der Waals surface area (Å²) in [7, 11) is 0. The summed E-state index contributed by atoms with van der Waals surface area (Å²) in [4.78, 5) is 0. The van der Waals surface area contributed by atoms with Crippen molar-refractivity contribution in [2.75, 3.05) is 13.2 Å². The highest BCUT2D eigenvalue weighted by Crippen LogP contribution is 2.23. The van der Waals surface area contributed by atoms with Crippen LogP contribution < -0.4 is 0 Å². The summed E-state index contributed by atoms with van der Waals surface area (Å²) >= 11 is 3.41. The molecular weight excluding hydrogens is 246 g/mol. The Labute approximate surface area is 89.0 Å². The predicted octanol–water partition coefficient (Wildman–Crippen LogP) is 1.77. The maximum atomic E-state index is 5.13. The lowest BCUT2D eigenvalue weighted by molar-refractivity contribution is -0.0274. The topological polar surface area (TPSA) is 39.9 Å². The highest BCUT2D eigenvalue weighted by Gasteiger charge is 2.23. The van der Waals surface area contributed by atoms with Gasteiger partial charge in [0.25, 0.3) is 0 Å². The van der Waals surface area contributed by atoms with Crippen molar-refractivity contribution in [3.8, 4) is 0 Å². The minimum Gasteiger partial charge on any atom is -0.377 e. The molecule has 0 atom stereocenters. The van der Waals surface area contributed by atoms with Crippen molar-refractivity contribution in [3.63, 3.8) is 0 Å². The van der Waals surface area contributed by atoms with Gasteiger partial charge in [-0.25, -0.2) is 4.68 Å². The predicted molar refractivity (Wildman–Crippen MR) is 55.1 cm³/mol. The van der Waals surface area contributed by atoms with Gasteiger partial charge in [-0.3, -0.25) is 0 Å². The second-order valence-electron chi connectivity index (χ2n) is 3.36. The molecule has 1 aromatic carbocycles. The first-order valence-electron chi connectivity index (χ1n) is 4.43. The fraction of sp³-hybridized carbons (Fsp3) is 0.333. The van der Waals surface area contributed by atoms with Crippen LogP contribution in [0.4, 0.5) is 0 Å². The van der Waals surface area contributed by atoms with Gasteiger partial charge in [0.1, 0.15) is 11.6 Å². The number of hydrogen-bond donors (Lipinski definition) is 0. The molecule has 1 saturated heterocycles. The second-order valence-corrected chi connectivity index (χ2v) is 4.27. The lowest BCUT2D eigenvalue weighted by Gasteiger charge is -2.25. The van der Waals surface area contributed by atoms with Crippen LogP contribution in [-0.2, 0) is 4.74 Å². The molecule has 3 rings (SSSR count). The van der Waals surface area contributed by atoms with Gasteiger partial charge in [0, 0.05) is 4.47 Å². The Bertz CT molecular complexity index is 478. The van der Waals surface area contributed by atoms with Crippen LogP contribution in [-0.4, -0.2) is 28.2 Å². The molecule has 4 nitrogen and oxygen atoms in total. The van der Waals surface area contributed by atoms with E-state index in [4.69, 9.17) is 4.74 Å². The molecular formula is C9H8BrN3O. The van der Waals surface area contributed by atoms with E-state index in [9.17, 15) is 0 Å². The first kappa shape index (κ1) is 8.38. The van der Waals surface area contributed by atoms with E-state index in [1.807, 2.05) is 22.9 Å². The monoisotopic (exact) mass is 253 g/mol. The van der Waals surface area contributed by atoms with Crippen LogP contribution >= 0.6 is 15.9 Å². The first-order valence-corrected chi connectivity index (χ1v) is 5.22. The molecule has 1 aliphatic rings. The lowest BCUT2D eigenvalue weighted by Crippen LogP contribution is -2.31. The van der Waals surface area contributed by atoms with Crippen molar-refractivity contribution in [2.24, 2.45) is 0 Å². The Morgan fingerprint density at radius 2 is 2.29 bits per heavy atom. The van der Waals surface area contributed by atoms with Crippen LogP contribution in [0.25, 0.3) is 11.0 Å². The van der Waals surface area contributed by atoms with Crippen molar-refractivity contribution in [3.05, 3.63) is 22.7 Å². The first-order chi connectivity index (χ1) is 6.84. The summed E-state index contributed by atoms with van der Waals surface area (Å²) in [5, 5.41) is 8.23. The van der Waals surface area contributed by atoms with E-state index in [1.54, 1.807) is 0 Å².